The SMILES string of the molecule is COc1c(C)cc(P(c2cc(C)c(OC)c(C)c2)c2ccccc2-[c-]2cccc2C(C)P(C2CC3CCC2C3)C2CC3CCC2C3)cc1C.[Fe].[cH-]1[cH-][cH-][cH-][cH-]1. The maximum absolute atomic E-state index is 5.85. The molecule has 0 aliphatic heterocycles. The van der Waals surface area contributed by atoms with Crippen molar-refractivity contribution in [2.45, 2.75) is 103 Å². The van der Waals surface area contributed by atoms with Crippen LogP contribution in [0.4, 0.5) is 0 Å². The molecule has 5 aromatic rings. The number of aryl methyl sites for hydroxylation is 4. The minimum atomic E-state index is -0.849. The maximum Gasteiger partial charge on any atom is 0.124 e. The summed E-state index contributed by atoms with van der Waals surface area (Å²) < 4.78 is 11.7. The Labute approximate surface area is 344 Å². The summed E-state index contributed by atoms with van der Waals surface area (Å²) in [7, 11) is 2.67. The smallest absolute Gasteiger partial charge is 0.124 e. The van der Waals surface area contributed by atoms with Gasteiger partial charge in [0.1, 0.15) is 11.5 Å². The Morgan fingerprint density at radius 2 is 1.11 bits per heavy atom. The van der Waals surface area contributed by atoms with E-state index in [2.05, 4.69) is 101 Å². The minimum absolute atomic E-state index is 0. The van der Waals surface area contributed by atoms with E-state index in [0.29, 0.717) is 5.66 Å². The van der Waals surface area contributed by atoms with Gasteiger partial charge in [-0.25, -0.2) is 0 Å². The summed E-state index contributed by atoms with van der Waals surface area (Å²) >= 11 is 0. The molecule has 5 heteroatoms. The van der Waals surface area contributed by atoms with Gasteiger partial charge in [-0.3, -0.25) is 0 Å². The zero-order valence-electron chi connectivity index (χ0n) is 34.0. The largest absolute Gasteiger partial charge is 0.748 e. The fourth-order valence-corrected chi connectivity index (χ4v) is 19.2. The van der Waals surface area contributed by atoms with Crippen molar-refractivity contribution in [1.29, 1.82) is 0 Å². The average molecular weight is 811 g/mol. The van der Waals surface area contributed by atoms with Crippen LogP contribution >= 0.6 is 15.8 Å². The Morgan fingerprint density at radius 3 is 1.53 bits per heavy atom. The van der Waals surface area contributed by atoms with Crippen molar-refractivity contribution >= 4 is 31.8 Å². The topological polar surface area (TPSA) is 18.5 Å². The second-order valence-corrected chi connectivity index (χ2v) is 22.2. The first-order valence-electron chi connectivity index (χ1n) is 20.6. The number of hydrogen-bond donors (Lipinski definition) is 0. The second kappa shape index (κ2) is 17.5. The van der Waals surface area contributed by atoms with Crippen LogP contribution in [0.5, 0.6) is 11.5 Å². The van der Waals surface area contributed by atoms with E-state index in [9.17, 15) is 0 Å². The van der Waals surface area contributed by atoms with E-state index in [0.717, 1.165) is 46.5 Å². The zero-order chi connectivity index (χ0) is 37.5. The van der Waals surface area contributed by atoms with Crippen LogP contribution in [0.15, 0.2) is 97.1 Å². The number of methoxy groups -OCH3 is 2. The standard InChI is InChI=1S/C45H55O2P2.C5H5.Fe/c1-27-19-36(20-28(2)44(27)46-6)49(37-21-29(3)45(47-7)30(4)22-37)41-14-9-8-11-40(41)39-13-10-12-38(39)31(5)48(42-25-32-15-17-34(42)23-32)43-26-33-16-18-35(43)24-33;1-2-4-5-3-1;/h8-14,19-22,31-35,42-43H,15-18,23-26H2,1-7H3;1-5H;/q-1;-5;. The predicted molar refractivity (Wildman–Crippen MR) is 234 cm³/mol. The summed E-state index contributed by atoms with van der Waals surface area (Å²) in [5, 5.41) is 4.22. The van der Waals surface area contributed by atoms with E-state index in [1.54, 1.807) is 19.8 Å². The molecule has 0 aromatic heterocycles. The first kappa shape index (κ1) is 40.5. The van der Waals surface area contributed by atoms with E-state index in [-0.39, 0.29) is 25.0 Å². The van der Waals surface area contributed by atoms with Crippen LogP contribution in [-0.2, 0) is 17.1 Å². The monoisotopic (exact) mass is 810 g/mol. The van der Waals surface area contributed by atoms with Gasteiger partial charge in [-0.15, -0.1) is 29.3 Å². The number of fused-ring (bicyclic) bond motifs is 4. The van der Waals surface area contributed by atoms with Crippen molar-refractivity contribution < 1.29 is 26.5 Å². The van der Waals surface area contributed by atoms with E-state index < -0.39 is 7.92 Å². The van der Waals surface area contributed by atoms with Gasteiger partial charge in [0.25, 0.3) is 0 Å². The summed E-state index contributed by atoms with van der Waals surface area (Å²) in [6.45, 7) is 11.5. The van der Waals surface area contributed by atoms with Crippen LogP contribution < -0.4 is 25.4 Å². The van der Waals surface area contributed by atoms with Gasteiger partial charge in [-0.05, 0) is 172 Å². The van der Waals surface area contributed by atoms with Gasteiger partial charge in [-0.2, -0.15) is 6.07 Å². The number of hydrogen-bond acceptors (Lipinski definition) is 2. The van der Waals surface area contributed by atoms with Gasteiger partial charge in [0.2, 0.25) is 0 Å². The third-order valence-electron chi connectivity index (χ3n) is 13.7. The first-order chi connectivity index (χ1) is 26.2. The Hall–Kier alpha value is -2.66. The predicted octanol–water partition coefficient (Wildman–Crippen LogP) is 12.4. The Kier molecular flexibility index (Phi) is 12.9. The normalized spacial score (nSPS) is 24.7. The summed E-state index contributed by atoms with van der Waals surface area (Å²) in [5.41, 5.74) is 12.0. The van der Waals surface area contributed by atoms with E-state index in [1.165, 1.54) is 101 Å². The van der Waals surface area contributed by atoms with Gasteiger partial charge in [0.15, 0.2) is 0 Å². The molecule has 0 saturated heterocycles. The molecule has 4 fully saturated rings. The van der Waals surface area contributed by atoms with Gasteiger partial charge in [-0.1, -0.05) is 56.8 Å². The summed E-state index contributed by atoms with van der Waals surface area (Å²) in [6, 6.07) is 36.3. The third-order valence-corrected chi connectivity index (χ3v) is 20.1. The molecular weight excluding hydrogens is 750 g/mol. The summed E-state index contributed by atoms with van der Waals surface area (Å²) in [6.07, 6.45) is 12.1. The van der Waals surface area contributed by atoms with Gasteiger partial charge >= 0.3 is 0 Å². The molecule has 0 amide bonds. The first-order valence-corrected chi connectivity index (χ1v) is 23.5. The molecule has 9 rings (SSSR count). The summed E-state index contributed by atoms with van der Waals surface area (Å²) in [4.78, 5) is 0. The number of ether oxygens (including phenoxy) is 2. The number of rotatable bonds is 10. The zero-order valence-corrected chi connectivity index (χ0v) is 36.9. The fraction of sp³-hybridized carbons (Fsp3) is 0.440. The molecule has 7 unspecified atom stereocenters. The second-order valence-electron chi connectivity index (χ2n) is 17.0. The average Bonchev–Trinajstić information content (AvgIpc) is 4.03. The van der Waals surface area contributed by atoms with Crippen LogP contribution in [0, 0.1) is 51.4 Å². The summed E-state index contributed by atoms with van der Waals surface area (Å²) in [5.74, 6) is 6.02. The van der Waals surface area contributed by atoms with Gasteiger partial charge in [0.05, 0.1) is 14.2 Å². The van der Waals surface area contributed by atoms with Crippen LogP contribution in [0.2, 0.25) is 0 Å². The Balaban J connectivity index is 0.000000719. The molecule has 4 bridgehead atoms. The molecule has 4 saturated carbocycles. The van der Waals surface area contributed by atoms with Crippen molar-refractivity contribution in [3.8, 4) is 22.6 Å². The van der Waals surface area contributed by atoms with Crippen molar-refractivity contribution in [2.24, 2.45) is 23.7 Å². The van der Waals surface area contributed by atoms with E-state index >= 15 is 0 Å². The molecule has 4 aliphatic carbocycles. The molecular formula is C50H60FeO2P2-6. The van der Waals surface area contributed by atoms with Gasteiger partial charge < -0.3 is 39.8 Å². The maximum atomic E-state index is 5.85. The van der Waals surface area contributed by atoms with Crippen LogP contribution in [0.1, 0.15) is 91.8 Å². The number of benzene rings is 3. The molecule has 2 nitrogen and oxygen atoms in total. The van der Waals surface area contributed by atoms with Crippen LogP contribution in [-0.4, -0.2) is 25.5 Å². The van der Waals surface area contributed by atoms with Crippen LogP contribution in [0.3, 0.4) is 0 Å². The molecule has 5 aromatic carbocycles. The van der Waals surface area contributed by atoms with Crippen molar-refractivity contribution in [3.05, 3.63) is 125 Å². The molecule has 0 heterocycles. The molecule has 0 spiro atoms. The molecule has 0 radical (unpaired) electrons. The molecule has 0 N–H and O–H groups in total. The molecule has 55 heavy (non-hydrogen) atoms. The van der Waals surface area contributed by atoms with Crippen molar-refractivity contribution in [1.82, 2.24) is 0 Å². The fourth-order valence-electron chi connectivity index (χ4n) is 11.6. The third kappa shape index (κ3) is 7.96. The van der Waals surface area contributed by atoms with E-state index in [1.807, 2.05) is 30.3 Å². The Bertz CT molecular complexity index is 1900. The Morgan fingerprint density at radius 1 is 0.636 bits per heavy atom. The van der Waals surface area contributed by atoms with Crippen molar-refractivity contribution in [3.63, 3.8) is 0 Å². The van der Waals surface area contributed by atoms with Crippen molar-refractivity contribution in [2.75, 3.05) is 14.2 Å². The van der Waals surface area contributed by atoms with Crippen LogP contribution in [0.25, 0.3) is 11.1 Å². The quantitative estimate of drug-likeness (QED) is 0.0795. The molecule has 4 aliphatic rings. The minimum Gasteiger partial charge on any atom is -0.748 e. The molecule has 296 valence electrons. The van der Waals surface area contributed by atoms with E-state index in [4.69, 9.17) is 9.47 Å². The molecule has 7 atom stereocenters. The van der Waals surface area contributed by atoms with Gasteiger partial charge in [0, 0.05) is 17.1 Å².